The van der Waals surface area contributed by atoms with E-state index in [0.29, 0.717) is 6.04 Å². The zero-order valence-electron chi connectivity index (χ0n) is 11.6. The minimum atomic E-state index is 0.696. The van der Waals surface area contributed by atoms with Crippen LogP contribution in [0.3, 0.4) is 0 Å². The van der Waals surface area contributed by atoms with E-state index in [9.17, 15) is 0 Å². The highest BCUT2D eigenvalue weighted by atomic mass is 32.2. The normalized spacial score (nSPS) is 24.3. The molecule has 0 bridgehead atoms. The van der Waals surface area contributed by atoms with Gasteiger partial charge >= 0.3 is 0 Å². The summed E-state index contributed by atoms with van der Waals surface area (Å²) in [6.45, 7) is 4.25. The molecule has 0 spiro atoms. The minimum absolute atomic E-state index is 0.696. The summed E-state index contributed by atoms with van der Waals surface area (Å²) in [5, 5.41) is 4.57. The molecule has 3 nitrogen and oxygen atoms in total. The summed E-state index contributed by atoms with van der Waals surface area (Å²) in [5.74, 6) is 0. The first-order valence-electron chi connectivity index (χ1n) is 7.08. The highest BCUT2D eigenvalue weighted by Crippen LogP contribution is 2.27. The molecule has 1 saturated carbocycles. The summed E-state index contributed by atoms with van der Waals surface area (Å²) in [4.78, 5) is 4.25. The smallest absolute Gasteiger partial charge is 0.0948 e. The molecule has 1 fully saturated rings. The van der Waals surface area contributed by atoms with Gasteiger partial charge in [-0.1, -0.05) is 13.3 Å². The average molecular weight is 267 g/mol. The van der Waals surface area contributed by atoms with Crippen molar-refractivity contribution in [1.29, 1.82) is 0 Å². The van der Waals surface area contributed by atoms with E-state index in [1.54, 1.807) is 0 Å². The van der Waals surface area contributed by atoms with Gasteiger partial charge in [-0.25, -0.2) is 4.98 Å². The lowest BCUT2D eigenvalue weighted by atomic mass is 9.95. The second-order valence-corrected chi connectivity index (χ2v) is 6.32. The topological polar surface area (TPSA) is 29.9 Å². The summed E-state index contributed by atoms with van der Waals surface area (Å²) in [5.41, 5.74) is 1.32. The summed E-state index contributed by atoms with van der Waals surface area (Å²) in [7, 11) is 0. The third-order valence-corrected chi connectivity index (χ3v) is 4.89. The Hall–Kier alpha value is -0.480. The fraction of sp³-hybridized carbons (Fsp3) is 0.786. The lowest BCUT2D eigenvalue weighted by Crippen LogP contribution is -2.35. The molecule has 0 amide bonds. The summed E-state index contributed by atoms with van der Waals surface area (Å²) < 4.78 is 2.27. The lowest BCUT2D eigenvalue weighted by molar-refractivity contribution is 0.375. The van der Waals surface area contributed by atoms with Crippen LogP contribution in [0.1, 0.15) is 44.7 Å². The Morgan fingerprint density at radius 1 is 1.50 bits per heavy atom. The van der Waals surface area contributed by atoms with Crippen LogP contribution in [0.2, 0.25) is 0 Å². The maximum atomic E-state index is 4.25. The number of hydrogen-bond acceptors (Lipinski definition) is 3. The van der Waals surface area contributed by atoms with Gasteiger partial charge in [0.15, 0.2) is 0 Å². The van der Waals surface area contributed by atoms with E-state index in [2.05, 4.69) is 28.0 Å². The van der Waals surface area contributed by atoms with Crippen LogP contribution in [0.25, 0.3) is 0 Å². The summed E-state index contributed by atoms with van der Waals surface area (Å²) >= 11 is 2.03. The lowest BCUT2D eigenvalue weighted by Gasteiger charge is -2.28. The van der Waals surface area contributed by atoms with Gasteiger partial charge in [0.05, 0.1) is 12.0 Å². The van der Waals surface area contributed by atoms with Crippen molar-refractivity contribution in [3.63, 3.8) is 0 Å². The number of aromatic nitrogens is 2. The van der Waals surface area contributed by atoms with Crippen LogP contribution < -0.4 is 5.32 Å². The predicted molar refractivity (Wildman–Crippen MR) is 78.9 cm³/mol. The van der Waals surface area contributed by atoms with Gasteiger partial charge in [-0.2, -0.15) is 11.8 Å². The SMILES string of the molecule is CCCn1cncc1CNC1CCCC(SC)C1. The third-order valence-electron chi connectivity index (χ3n) is 3.79. The molecule has 0 saturated heterocycles. The van der Waals surface area contributed by atoms with E-state index in [-0.39, 0.29) is 0 Å². The van der Waals surface area contributed by atoms with Crippen LogP contribution in [-0.4, -0.2) is 27.1 Å². The molecule has 0 radical (unpaired) electrons. The van der Waals surface area contributed by atoms with Gasteiger partial charge < -0.3 is 9.88 Å². The first-order valence-corrected chi connectivity index (χ1v) is 8.37. The molecular weight excluding hydrogens is 242 g/mol. The molecular formula is C14H25N3S. The Labute approximate surface area is 115 Å². The van der Waals surface area contributed by atoms with E-state index in [0.717, 1.165) is 18.3 Å². The highest BCUT2D eigenvalue weighted by Gasteiger charge is 2.20. The Morgan fingerprint density at radius 2 is 2.39 bits per heavy atom. The molecule has 4 heteroatoms. The van der Waals surface area contributed by atoms with Crippen molar-refractivity contribution >= 4 is 11.8 Å². The summed E-state index contributed by atoms with van der Waals surface area (Å²) in [6.07, 6.45) is 12.8. The van der Waals surface area contributed by atoms with Gasteiger partial charge in [0.25, 0.3) is 0 Å². The van der Waals surface area contributed by atoms with Gasteiger partial charge in [0, 0.05) is 30.6 Å². The number of rotatable bonds is 6. The fourth-order valence-electron chi connectivity index (χ4n) is 2.73. The number of hydrogen-bond donors (Lipinski definition) is 1. The van der Waals surface area contributed by atoms with Crippen molar-refractivity contribution in [1.82, 2.24) is 14.9 Å². The zero-order chi connectivity index (χ0) is 12.8. The first-order chi connectivity index (χ1) is 8.83. The van der Waals surface area contributed by atoms with Crippen LogP contribution in [0.15, 0.2) is 12.5 Å². The van der Waals surface area contributed by atoms with Crippen molar-refractivity contribution in [2.45, 2.75) is 63.4 Å². The maximum Gasteiger partial charge on any atom is 0.0948 e. The molecule has 18 heavy (non-hydrogen) atoms. The second-order valence-electron chi connectivity index (χ2n) is 5.18. The molecule has 102 valence electrons. The Bertz CT molecular complexity index is 351. The highest BCUT2D eigenvalue weighted by molar-refractivity contribution is 7.99. The number of aryl methyl sites for hydroxylation is 1. The molecule has 1 aromatic rings. The van der Waals surface area contributed by atoms with E-state index in [4.69, 9.17) is 0 Å². The van der Waals surface area contributed by atoms with Gasteiger partial charge in [0.2, 0.25) is 0 Å². The fourth-order valence-corrected chi connectivity index (χ4v) is 3.56. The van der Waals surface area contributed by atoms with Crippen molar-refractivity contribution in [3.05, 3.63) is 18.2 Å². The molecule has 0 aromatic carbocycles. The van der Waals surface area contributed by atoms with Gasteiger partial charge in [-0.3, -0.25) is 0 Å². The monoisotopic (exact) mass is 267 g/mol. The largest absolute Gasteiger partial charge is 0.333 e. The number of nitrogens with one attached hydrogen (secondary N) is 1. The first kappa shape index (κ1) is 13.9. The standard InChI is InChI=1S/C14H25N3S/c1-3-7-17-11-15-9-13(17)10-16-12-5-4-6-14(8-12)18-2/h9,11-12,14,16H,3-8,10H2,1-2H3. The van der Waals surface area contributed by atoms with E-state index >= 15 is 0 Å². The Balaban J connectivity index is 1.81. The van der Waals surface area contributed by atoms with E-state index in [1.807, 2.05) is 24.3 Å². The molecule has 2 unspecified atom stereocenters. The number of thioether (sulfide) groups is 1. The molecule has 1 aliphatic rings. The predicted octanol–water partition coefficient (Wildman–Crippen LogP) is 3.06. The van der Waals surface area contributed by atoms with Crippen molar-refractivity contribution in [2.75, 3.05) is 6.26 Å². The van der Waals surface area contributed by atoms with Gasteiger partial charge in [-0.05, 0) is 31.9 Å². The van der Waals surface area contributed by atoms with Crippen molar-refractivity contribution in [3.8, 4) is 0 Å². The van der Waals surface area contributed by atoms with Crippen LogP contribution in [0, 0.1) is 0 Å². The van der Waals surface area contributed by atoms with Crippen LogP contribution >= 0.6 is 11.8 Å². The molecule has 1 heterocycles. The zero-order valence-corrected chi connectivity index (χ0v) is 12.4. The molecule has 0 aliphatic heterocycles. The Kier molecular flexibility index (Phi) is 5.57. The number of imidazole rings is 1. The van der Waals surface area contributed by atoms with Gasteiger partial charge in [-0.15, -0.1) is 0 Å². The van der Waals surface area contributed by atoms with Crippen molar-refractivity contribution in [2.24, 2.45) is 0 Å². The molecule has 1 N–H and O–H groups in total. The van der Waals surface area contributed by atoms with E-state index in [1.165, 1.54) is 37.8 Å². The quantitative estimate of drug-likeness (QED) is 0.859. The molecule has 2 rings (SSSR count). The number of nitrogens with zero attached hydrogens (tertiary/aromatic N) is 2. The molecule has 1 aromatic heterocycles. The maximum absolute atomic E-state index is 4.25. The minimum Gasteiger partial charge on any atom is -0.333 e. The van der Waals surface area contributed by atoms with E-state index < -0.39 is 0 Å². The Morgan fingerprint density at radius 3 is 3.17 bits per heavy atom. The third kappa shape index (κ3) is 3.75. The molecule has 1 aliphatic carbocycles. The van der Waals surface area contributed by atoms with Crippen LogP contribution in [-0.2, 0) is 13.1 Å². The average Bonchev–Trinajstić information content (AvgIpc) is 2.85. The van der Waals surface area contributed by atoms with Crippen LogP contribution in [0.4, 0.5) is 0 Å². The van der Waals surface area contributed by atoms with Crippen molar-refractivity contribution < 1.29 is 0 Å². The second kappa shape index (κ2) is 7.19. The van der Waals surface area contributed by atoms with Crippen LogP contribution in [0.5, 0.6) is 0 Å². The van der Waals surface area contributed by atoms with Gasteiger partial charge in [0.1, 0.15) is 0 Å². The molecule has 2 atom stereocenters. The summed E-state index contributed by atoms with van der Waals surface area (Å²) in [6, 6.07) is 0.696.